The molecule has 336 valence electrons. The highest BCUT2D eigenvalue weighted by molar-refractivity contribution is 6.65. The summed E-state index contributed by atoms with van der Waals surface area (Å²) in [6, 6.07) is 9.51. The van der Waals surface area contributed by atoms with Gasteiger partial charge in [-0.25, -0.2) is 0 Å². The van der Waals surface area contributed by atoms with E-state index >= 15 is 0 Å². The van der Waals surface area contributed by atoms with Gasteiger partial charge in [0.1, 0.15) is 11.5 Å². The standard InChI is InChI=1S/C40H62N4O13Si4/c1-58(2)49-21-13-41(14-22-50-58)37(45)33-11-9-31(29-35(33)39(47)43-17-25-53-60(5,6)54-26-18-43)57-32-10-12-34(38(46)42-15-23-51-59(3,4)52-24-16-42)36(30-32)40(48)44-19-27-55-61(7,8)56-28-20-44/h9-12,29-30H,13-28H2,1-8H3. The molecule has 0 unspecified atom stereocenters. The van der Waals surface area contributed by atoms with Crippen molar-refractivity contribution in [1.29, 1.82) is 0 Å². The molecule has 61 heavy (non-hydrogen) atoms. The van der Waals surface area contributed by atoms with E-state index in [2.05, 4.69) is 0 Å². The van der Waals surface area contributed by atoms with Crippen LogP contribution >= 0.6 is 0 Å². The number of benzene rings is 2. The molecule has 0 saturated carbocycles. The minimum atomic E-state index is -2.32. The summed E-state index contributed by atoms with van der Waals surface area (Å²) in [5.41, 5.74) is 0.678. The smallest absolute Gasteiger partial charge is 0.331 e. The van der Waals surface area contributed by atoms with E-state index in [1.54, 1.807) is 56.0 Å². The highest BCUT2D eigenvalue weighted by atomic mass is 28.4. The zero-order chi connectivity index (χ0) is 44.0. The Morgan fingerprint density at radius 3 is 0.820 bits per heavy atom. The summed E-state index contributed by atoms with van der Waals surface area (Å²) >= 11 is 0. The van der Waals surface area contributed by atoms with Crippen molar-refractivity contribution in [2.75, 3.05) is 105 Å². The van der Waals surface area contributed by atoms with Crippen LogP contribution in [0.3, 0.4) is 0 Å². The van der Waals surface area contributed by atoms with Gasteiger partial charge in [0.15, 0.2) is 0 Å². The fourth-order valence-corrected chi connectivity index (χ4v) is 12.4. The molecule has 4 aliphatic rings. The van der Waals surface area contributed by atoms with Crippen LogP contribution in [-0.2, 0) is 35.4 Å². The minimum absolute atomic E-state index is 0.140. The Labute approximate surface area is 363 Å². The van der Waals surface area contributed by atoms with E-state index in [1.165, 1.54) is 0 Å². The fourth-order valence-electron chi connectivity index (χ4n) is 7.36. The van der Waals surface area contributed by atoms with Crippen molar-refractivity contribution in [2.24, 2.45) is 0 Å². The number of carbonyl (C=O) groups excluding carboxylic acids is 4. The number of hydrogen-bond acceptors (Lipinski definition) is 13. The van der Waals surface area contributed by atoms with Crippen LogP contribution < -0.4 is 4.74 Å². The van der Waals surface area contributed by atoms with Gasteiger partial charge in [0.05, 0.1) is 75.1 Å². The number of nitrogens with zero attached hydrogens (tertiary/aromatic N) is 4. The van der Waals surface area contributed by atoms with E-state index < -0.39 is 34.2 Å². The Balaban J connectivity index is 1.32. The highest BCUT2D eigenvalue weighted by Gasteiger charge is 2.35. The Hall–Kier alpha value is -3.33. The second-order valence-electron chi connectivity index (χ2n) is 17.1. The minimum Gasteiger partial charge on any atom is -0.457 e. The molecule has 4 aliphatic heterocycles. The molecule has 0 aromatic heterocycles. The first kappa shape index (κ1) is 47.2. The summed E-state index contributed by atoms with van der Waals surface area (Å²) in [4.78, 5) is 63.8. The predicted molar refractivity (Wildman–Crippen MR) is 234 cm³/mol. The summed E-state index contributed by atoms with van der Waals surface area (Å²) in [6.07, 6.45) is 0. The number of ether oxygens (including phenoxy) is 1. The maximum atomic E-state index is 14.4. The second kappa shape index (κ2) is 20.0. The average molecular weight is 919 g/mol. The molecule has 0 bridgehead atoms. The molecule has 0 atom stereocenters. The van der Waals surface area contributed by atoms with Gasteiger partial charge in [-0.05, 0) is 88.8 Å². The number of carbonyl (C=O) groups is 4. The van der Waals surface area contributed by atoms with E-state index in [0.717, 1.165) is 0 Å². The maximum Gasteiger partial charge on any atom is 0.331 e. The Morgan fingerprint density at radius 2 is 0.590 bits per heavy atom. The third kappa shape index (κ3) is 12.9. The Morgan fingerprint density at radius 1 is 0.377 bits per heavy atom. The first-order valence-corrected chi connectivity index (χ1v) is 32.3. The lowest BCUT2D eigenvalue weighted by Gasteiger charge is -2.33. The SMILES string of the molecule is C[Si]1(C)OCCN(C(=O)c2ccc(Oc3ccc(C(=O)N4CCO[Si](C)(C)OCC4)c(C(=O)N4CCO[Si](C)(C)OCC4)c3)cc2C(=O)N2CCO[Si](C)(C)OCC2)CCO1. The third-order valence-corrected chi connectivity index (χ3v) is 18.0. The molecular formula is C40H62N4O13Si4. The molecule has 2 aromatic rings. The summed E-state index contributed by atoms with van der Waals surface area (Å²) in [5.74, 6) is -0.944. The number of hydrogen-bond donors (Lipinski definition) is 0. The lowest BCUT2D eigenvalue weighted by molar-refractivity contribution is 0.0561. The van der Waals surface area contributed by atoms with Gasteiger partial charge in [0, 0.05) is 52.4 Å². The molecule has 0 radical (unpaired) electrons. The van der Waals surface area contributed by atoms with E-state index in [-0.39, 0.29) is 57.4 Å². The third-order valence-electron chi connectivity index (χ3n) is 10.8. The molecule has 6 rings (SSSR count). The molecule has 4 heterocycles. The van der Waals surface area contributed by atoms with Gasteiger partial charge in [-0.15, -0.1) is 0 Å². The average Bonchev–Trinajstić information content (AvgIpc) is 3.17. The van der Waals surface area contributed by atoms with Crippen molar-refractivity contribution < 1.29 is 59.3 Å². The van der Waals surface area contributed by atoms with Crippen LogP contribution in [0.15, 0.2) is 36.4 Å². The molecule has 4 fully saturated rings. The van der Waals surface area contributed by atoms with Crippen LogP contribution in [0.5, 0.6) is 11.5 Å². The molecule has 4 amide bonds. The largest absolute Gasteiger partial charge is 0.457 e. The summed E-state index contributed by atoms with van der Waals surface area (Å²) in [5, 5.41) is 0. The van der Waals surface area contributed by atoms with Gasteiger partial charge in [0.2, 0.25) is 0 Å². The molecule has 17 nitrogen and oxygen atoms in total. The van der Waals surface area contributed by atoms with E-state index in [9.17, 15) is 19.2 Å². The van der Waals surface area contributed by atoms with Crippen molar-refractivity contribution in [3.05, 3.63) is 58.7 Å². The van der Waals surface area contributed by atoms with Gasteiger partial charge < -0.3 is 59.7 Å². The van der Waals surface area contributed by atoms with Crippen LogP contribution in [0.2, 0.25) is 52.4 Å². The fraction of sp³-hybridized carbons (Fsp3) is 0.600. The predicted octanol–water partition coefficient (Wildman–Crippen LogP) is 4.24. The Kier molecular flexibility index (Phi) is 15.5. The zero-order valence-corrected chi connectivity index (χ0v) is 40.9. The molecule has 0 N–H and O–H groups in total. The van der Waals surface area contributed by atoms with Crippen LogP contribution in [0, 0.1) is 0 Å². The maximum absolute atomic E-state index is 14.4. The van der Waals surface area contributed by atoms with Crippen molar-refractivity contribution in [3.8, 4) is 11.5 Å². The van der Waals surface area contributed by atoms with Crippen molar-refractivity contribution in [3.63, 3.8) is 0 Å². The quantitative estimate of drug-likeness (QED) is 0.379. The summed E-state index contributed by atoms with van der Waals surface area (Å²) in [7, 11) is -9.21. The monoisotopic (exact) mass is 918 g/mol. The molecule has 0 spiro atoms. The van der Waals surface area contributed by atoms with Gasteiger partial charge in [0.25, 0.3) is 23.6 Å². The lowest BCUT2D eigenvalue weighted by Crippen LogP contribution is -2.47. The summed E-state index contributed by atoms with van der Waals surface area (Å²) in [6.45, 7) is 20.7. The number of rotatable bonds is 6. The highest BCUT2D eigenvalue weighted by Crippen LogP contribution is 2.30. The molecule has 0 aliphatic carbocycles. The van der Waals surface area contributed by atoms with Crippen LogP contribution in [0.25, 0.3) is 0 Å². The van der Waals surface area contributed by atoms with Crippen molar-refractivity contribution >= 4 is 57.9 Å². The molecule has 2 aromatic carbocycles. The van der Waals surface area contributed by atoms with E-state index in [1.807, 2.05) is 52.4 Å². The topological polar surface area (TPSA) is 164 Å². The van der Waals surface area contributed by atoms with Crippen LogP contribution in [0.4, 0.5) is 0 Å². The van der Waals surface area contributed by atoms with Gasteiger partial charge in [-0.1, -0.05) is 0 Å². The lowest BCUT2D eigenvalue weighted by atomic mass is 10.0. The van der Waals surface area contributed by atoms with E-state index in [4.69, 9.17) is 40.1 Å². The van der Waals surface area contributed by atoms with Crippen molar-refractivity contribution in [2.45, 2.75) is 52.4 Å². The molecule has 21 heteroatoms. The number of amides is 4. The van der Waals surface area contributed by atoms with Gasteiger partial charge in [-0.2, -0.15) is 0 Å². The Bertz CT molecular complexity index is 1740. The van der Waals surface area contributed by atoms with Crippen molar-refractivity contribution in [1.82, 2.24) is 19.6 Å². The molecular weight excluding hydrogens is 857 g/mol. The first-order chi connectivity index (χ1) is 28.8. The van der Waals surface area contributed by atoms with Crippen LogP contribution in [-0.4, -0.2) is 183 Å². The first-order valence-electron chi connectivity index (χ1n) is 21.1. The van der Waals surface area contributed by atoms with E-state index in [0.29, 0.717) is 105 Å². The summed E-state index contributed by atoms with van der Waals surface area (Å²) < 4.78 is 54.3. The molecule has 4 saturated heterocycles. The normalized spacial score (nSPS) is 22.5. The zero-order valence-electron chi connectivity index (χ0n) is 36.9. The van der Waals surface area contributed by atoms with Gasteiger partial charge >= 0.3 is 34.2 Å². The van der Waals surface area contributed by atoms with Crippen LogP contribution in [0.1, 0.15) is 41.4 Å². The second-order valence-corrected chi connectivity index (χ2v) is 30.6. The van der Waals surface area contributed by atoms with Gasteiger partial charge in [-0.3, -0.25) is 19.2 Å².